The molecular weight excluding hydrogens is 220 g/mol. The molecule has 2 aromatic carbocycles. The Morgan fingerprint density at radius 2 is 1.61 bits per heavy atom. The van der Waals surface area contributed by atoms with Crippen molar-refractivity contribution in [3.05, 3.63) is 71.8 Å². The second-order valence-electron chi connectivity index (χ2n) is 4.35. The molecule has 1 atom stereocenters. The van der Waals surface area contributed by atoms with Gasteiger partial charge < -0.3 is 10.7 Å². The van der Waals surface area contributed by atoms with Gasteiger partial charge in [0, 0.05) is 11.3 Å². The Bertz CT molecular complexity index is 600. The summed E-state index contributed by atoms with van der Waals surface area (Å²) in [5, 5.41) is 11.6. The summed E-state index contributed by atoms with van der Waals surface area (Å²) >= 11 is 0. The molecule has 0 heterocycles. The second kappa shape index (κ2) is 4.49. The molecule has 0 spiro atoms. The first-order valence-electron chi connectivity index (χ1n) is 6.02. The minimum atomic E-state index is -0.0534. The summed E-state index contributed by atoms with van der Waals surface area (Å²) in [6.07, 6.45) is 4.12. The largest absolute Gasteiger partial charge is 0.373 e. The zero-order valence-electron chi connectivity index (χ0n) is 9.93. The van der Waals surface area contributed by atoms with Crippen molar-refractivity contribution >= 4 is 17.5 Å². The number of anilines is 1. The van der Waals surface area contributed by atoms with Gasteiger partial charge in [-0.15, -0.1) is 0 Å². The minimum absolute atomic E-state index is 0.0534. The summed E-state index contributed by atoms with van der Waals surface area (Å²) in [7, 11) is 0. The van der Waals surface area contributed by atoms with E-state index in [2.05, 4.69) is 11.4 Å². The van der Waals surface area contributed by atoms with Gasteiger partial charge in [-0.1, -0.05) is 54.6 Å². The van der Waals surface area contributed by atoms with Crippen LogP contribution in [0.15, 0.2) is 60.7 Å². The molecule has 0 saturated carbocycles. The van der Waals surface area contributed by atoms with Crippen molar-refractivity contribution in [2.75, 3.05) is 5.32 Å². The van der Waals surface area contributed by atoms with Gasteiger partial charge in [0.15, 0.2) is 0 Å². The van der Waals surface area contributed by atoms with E-state index < -0.39 is 0 Å². The first-order chi connectivity index (χ1) is 8.84. The van der Waals surface area contributed by atoms with Gasteiger partial charge in [0.2, 0.25) is 0 Å². The summed E-state index contributed by atoms with van der Waals surface area (Å²) in [6.45, 7) is 0. The van der Waals surface area contributed by atoms with E-state index in [9.17, 15) is 0 Å². The average Bonchev–Trinajstić information content (AvgIpc) is 2.43. The fourth-order valence-corrected chi connectivity index (χ4v) is 2.19. The fraction of sp³-hybridized carbons (Fsp3) is 0.0625. The lowest BCUT2D eigenvalue weighted by atomic mass is 9.92. The van der Waals surface area contributed by atoms with Crippen LogP contribution in [0.4, 0.5) is 5.69 Å². The number of benzene rings is 2. The lowest BCUT2D eigenvalue weighted by Gasteiger charge is -2.22. The number of hydrogen-bond acceptors (Lipinski definition) is 2. The van der Waals surface area contributed by atoms with Crippen molar-refractivity contribution < 1.29 is 0 Å². The fourth-order valence-electron chi connectivity index (χ4n) is 2.19. The van der Waals surface area contributed by atoms with E-state index in [0.29, 0.717) is 5.71 Å². The molecule has 0 aliphatic heterocycles. The molecule has 2 N–H and O–H groups in total. The monoisotopic (exact) mass is 234 g/mol. The second-order valence-corrected chi connectivity index (χ2v) is 4.35. The summed E-state index contributed by atoms with van der Waals surface area (Å²) in [5.74, 6) is 0. The van der Waals surface area contributed by atoms with E-state index in [1.54, 1.807) is 0 Å². The SMILES string of the molecule is N=C1c2ccccc2C=CC1Nc1ccccc1. The van der Waals surface area contributed by atoms with E-state index in [-0.39, 0.29) is 6.04 Å². The molecule has 1 aliphatic carbocycles. The zero-order chi connectivity index (χ0) is 12.4. The Labute approximate surface area is 106 Å². The first kappa shape index (κ1) is 10.8. The number of nitrogens with one attached hydrogen (secondary N) is 2. The third-order valence-corrected chi connectivity index (χ3v) is 3.13. The van der Waals surface area contributed by atoms with Crippen molar-refractivity contribution in [3.8, 4) is 0 Å². The molecule has 0 bridgehead atoms. The molecule has 18 heavy (non-hydrogen) atoms. The molecule has 2 aromatic rings. The maximum Gasteiger partial charge on any atom is 0.0872 e. The number of para-hydroxylation sites is 1. The Hall–Kier alpha value is -2.35. The average molecular weight is 234 g/mol. The Kier molecular flexibility index (Phi) is 2.69. The van der Waals surface area contributed by atoms with Gasteiger partial charge in [-0.2, -0.15) is 0 Å². The normalized spacial score (nSPS) is 17.3. The van der Waals surface area contributed by atoms with Crippen LogP contribution in [0.25, 0.3) is 6.08 Å². The topological polar surface area (TPSA) is 35.9 Å². The molecule has 0 aromatic heterocycles. The van der Waals surface area contributed by atoms with Crippen LogP contribution >= 0.6 is 0 Å². The van der Waals surface area contributed by atoms with Gasteiger partial charge in [-0.05, 0) is 17.7 Å². The summed E-state index contributed by atoms with van der Waals surface area (Å²) in [4.78, 5) is 0. The highest BCUT2D eigenvalue weighted by Gasteiger charge is 2.19. The molecule has 3 rings (SSSR count). The minimum Gasteiger partial charge on any atom is -0.373 e. The van der Waals surface area contributed by atoms with Crippen LogP contribution in [0.3, 0.4) is 0 Å². The van der Waals surface area contributed by atoms with Gasteiger partial charge in [-0.3, -0.25) is 0 Å². The maximum absolute atomic E-state index is 8.26. The standard InChI is InChI=1S/C16H14N2/c17-16-14-9-5-4-6-12(14)10-11-15(16)18-13-7-2-1-3-8-13/h1-11,15,17-18H. The highest BCUT2D eigenvalue weighted by Crippen LogP contribution is 2.21. The number of hydrogen-bond donors (Lipinski definition) is 2. The smallest absolute Gasteiger partial charge is 0.0872 e. The molecule has 0 radical (unpaired) electrons. The summed E-state index contributed by atoms with van der Waals surface area (Å²) in [5.41, 5.74) is 3.79. The Morgan fingerprint density at radius 1 is 0.889 bits per heavy atom. The van der Waals surface area contributed by atoms with Crippen molar-refractivity contribution in [3.63, 3.8) is 0 Å². The van der Waals surface area contributed by atoms with Gasteiger partial charge >= 0.3 is 0 Å². The van der Waals surface area contributed by atoms with Crippen LogP contribution in [-0.4, -0.2) is 11.8 Å². The van der Waals surface area contributed by atoms with Gasteiger partial charge in [0.1, 0.15) is 0 Å². The third-order valence-electron chi connectivity index (χ3n) is 3.13. The first-order valence-corrected chi connectivity index (χ1v) is 6.02. The molecular formula is C16H14N2. The third kappa shape index (κ3) is 1.93. The molecule has 1 aliphatic rings. The number of rotatable bonds is 2. The van der Waals surface area contributed by atoms with Crippen molar-refractivity contribution in [2.45, 2.75) is 6.04 Å². The molecule has 88 valence electrons. The molecule has 0 amide bonds. The predicted octanol–water partition coefficient (Wildman–Crippen LogP) is 3.56. The molecule has 0 saturated heterocycles. The van der Waals surface area contributed by atoms with E-state index in [0.717, 1.165) is 16.8 Å². The van der Waals surface area contributed by atoms with Crippen LogP contribution in [-0.2, 0) is 0 Å². The van der Waals surface area contributed by atoms with E-state index in [1.165, 1.54) is 0 Å². The van der Waals surface area contributed by atoms with Gasteiger partial charge in [-0.25, -0.2) is 0 Å². The molecule has 2 heteroatoms. The van der Waals surface area contributed by atoms with Crippen LogP contribution in [0.2, 0.25) is 0 Å². The van der Waals surface area contributed by atoms with Gasteiger partial charge in [0.25, 0.3) is 0 Å². The van der Waals surface area contributed by atoms with Crippen molar-refractivity contribution in [1.82, 2.24) is 0 Å². The van der Waals surface area contributed by atoms with Crippen LogP contribution in [0.1, 0.15) is 11.1 Å². The summed E-state index contributed by atoms with van der Waals surface area (Å²) in [6, 6.07) is 18.0. The molecule has 0 fully saturated rings. The van der Waals surface area contributed by atoms with Crippen LogP contribution in [0.5, 0.6) is 0 Å². The number of fused-ring (bicyclic) bond motifs is 1. The summed E-state index contributed by atoms with van der Waals surface area (Å²) < 4.78 is 0. The lowest BCUT2D eigenvalue weighted by molar-refractivity contribution is 1.13. The zero-order valence-corrected chi connectivity index (χ0v) is 9.93. The van der Waals surface area contributed by atoms with E-state index >= 15 is 0 Å². The van der Waals surface area contributed by atoms with E-state index in [4.69, 9.17) is 5.41 Å². The van der Waals surface area contributed by atoms with Crippen LogP contribution in [0, 0.1) is 5.41 Å². The van der Waals surface area contributed by atoms with Crippen molar-refractivity contribution in [2.24, 2.45) is 0 Å². The Morgan fingerprint density at radius 3 is 2.44 bits per heavy atom. The Balaban J connectivity index is 1.87. The highest BCUT2D eigenvalue weighted by atomic mass is 14.9. The van der Waals surface area contributed by atoms with Crippen molar-refractivity contribution in [1.29, 1.82) is 5.41 Å². The van der Waals surface area contributed by atoms with Gasteiger partial charge in [0.05, 0.1) is 11.8 Å². The van der Waals surface area contributed by atoms with Crippen LogP contribution < -0.4 is 5.32 Å². The lowest BCUT2D eigenvalue weighted by Crippen LogP contribution is -2.30. The molecule has 1 unspecified atom stereocenters. The predicted molar refractivity (Wildman–Crippen MR) is 76.2 cm³/mol. The van der Waals surface area contributed by atoms with E-state index in [1.807, 2.05) is 60.7 Å². The molecule has 2 nitrogen and oxygen atoms in total. The highest BCUT2D eigenvalue weighted by molar-refractivity contribution is 6.09. The maximum atomic E-state index is 8.26. The quantitative estimate of drug-likeness (QED) is 0.818.